The number of methoxy groups -OCH3 is 1. The fraction of sp³-hybridized carbons (Fsp3) is 0.615. The minimum Gasteiger partial charge on any atom is -0.468 e. The Balaban J connectivity index is 2.24. The summed E-state index contributed by atoms with van der Waals surface area (Å²) < 4.78 is 23.8. The van der Waals surface area contributed by atoms with Gasteiger partial charge in [-0.2, -0.15) is 0 Å². The van der Waals surface area contributed by atoms with E-state index < -0.39 is 31.3 Å². The molecule has 0 saturated carbocycles. The molecule has 0 saturated heterocycles. The number of nitrogens with zero attached hydrogens (tertiary/aromatic N) is 2. The van der Waals surface area contributed by atoms with Crippen LogP contribution in [0.5, 0.6) is 0 Å². The number of rotatable bonds is 3. The van der Waals surface area contributed by atoms with Crippen LogP contribution < -0.4 is 0 Å². The van der Waals surface area contributed by atoms with Gasteiger partial charge >= 0.3 is 11.7 Å². The van der Waals surface area contributed by atoms with Gasteiger partial charge in [-0.15, -0.1) is 0 Å². The third kappa shape index (κ3) is 3.56. The summed E-state index contributed by atoms with van der Waals surface area (Å²) in [5, 5.41) is 0. The van der Waals surface area contributed by atoms with E-state index >= 15 is 0 Å². The van der Waals surface area contributed by atoms with Crippen molar-refractivity contribution < 1.29 is 23.6 Å². The van der Waals surface area contributed by atoms with Gasteiger partial charge in [0.2, 0.25) is 7.95 Å². The largest absolute Gasteiger partial charge is 0.468 e. The molecule has 1 N–H and O–H groups in total. The predicted octanol–water partition coefficient (Wildman–Crippen LogP) is 1.72. The number of aromatic amines is 1. The Bertz CT molecular complexity index is 607. The lowest BCUT2D eigenvalue weighted by molar-refractivity contribution is -0.145. The molecule has 8 nitrogen and oxygen atoms in total. The molecule has 0 radical (unpaired) electrons. The molecule has 0 amide bonds. The van der Waals surface area contributed by atoms with Crippen LogP contribution in [0.25, 0.3) is 0 Å². The predicted molar refractivity (Wildman–Crippen MR) is 78.9 cm³/mol. The molecule has 0 aromatic carbocycles. The highest BCUT2D eigenvalue weighted by atomic mass is 31.1. The van der Waals surface area contributed by atoms with Gasteiger partial charge in [-0.3, -0.25) is 9.36 Å². The van der Waals surface area contributed by atoms with Crippen LogP contribution in [0.2, 0.25) is 0 Å². The van der Waals surface area contributed by atoms with Crippen molar-refractivity contribution in [2.75, 3.05) is 7.11 Å². The zero-order valence-electron chi connectivity index (χ0n) is 13.0. The van der Waals surface area contributed by atoms with Crippen LogP contribution in [0, 0.1) is 0 Å². The van der Waals surface area contributed by atoms with E-state index in [0.717, 1.165) is 5.69 Å². The average molecular weight is 329 g/mol. The number of esters is 1. The minimum absolute atomic E-state index is 0.159. The smallest absolute Gasteiger partial charge is 0.376 e. The minimum atomic E-state index is -2.95. The monoisotopic (exact) mass is 329 g/mol. The van der Waals surface area contributed by atoms with Gasteiger partial charge in [0.25, 0.3) is 0 Å². The SMILES string of the molecule is COC(=O)[C@@H]1Cc2nc[nH]c2CN1[PH](=O)C(=O)OC(C)(C)C. The highest BCUT2D eigenvalue weighted by Crippen LogP contribution is 2.39. The van der Waals surface area contributed by atoms with Gasteiger partial charge in [-0.1, -0.05) is 0 Å². The van der Waals surface area contributed by atoms with E-state index in [4.69, 9.17) is 9.47 Å². The highest BCUT2D eigenvalue weighted by Gasteiger charge is 2.40. The van der Waals surface area contributed by atoms with Crippen LogP contribution in [0.15, 0.2) is 6.33 Å². The Kier molecular flexibility index (Phi) is 4.72. The molecule has 122 valence electrons. The molecule has 2 atom stereocenters. The number of hydrogen-bond donors (Lipinski definition) is 1. The molecule has 1 unspecified atom stereocenters. The van der Waals surface area contributed by atoms with E-state index in [9.17, 15) is 14.2 Å². The number of imidazole rings is 1. The summed E-state index contributed by atoms with van der Waals surface area (Å²) in [5.74, 6) is -0.546. The highest BCUT2D eigenvalue weighted by molar-refractivity contribution is 7.60. The van der Waals surface area contributed by atoms with Crippen molar-refractivity contribution in [2.45, 2.75) is 45.4 Å². The summed E-state index contributed by atoms with van der Waals surface area (Å²) in [6.45, 7) is 5.25. The standard InChI is InChI=1S/C13H20N3O5P/c1-13(2,3)21-12(18)22(19)16-6-9-8(14-7-15-9)5-10(16)11(17)20-4/h7,10,22H,5-6H2,1-4H3,(H,14,15)/t10-/m0/s1. The van der Waals surface area contributed by atoms with Crippen LogP contribution in [-0.2, 0) is 31.8 Å². The molecule has 9 heteroatoms. The molecule has 22 heavy (non-hydrogen) atoms. The lowest BCUT2D eigenvalue weighted by Gasteiger charge is -2.32. The molecule has 1 aromatic rings. The van der Waals surface area contributed by atoms with Crippen molar-refractivity contribution in [1.82, 2.24) is 14.6 Å². The van der Waals surface area contributed by atoms with Crippen molar-refractivity contribution in [1.29, 1.82) is 0 Å². The van der Waals surface area contributed by atoms with E-state index in [1.54, 1.807) is 20.8 Å². The van der Waals surface area contributed by atoms with Crippen molar-refractivity contribution in [3.63, 3.8) is 0 Å². The number of carbonyl (C=O) groups excluding carboxylic acids is 2. The third-order valence-electron chi connectivity index (χ3n) is 3.21. The fourth-order valence-electron chi connectivity index (χ4n) is 2.23. The number of nitrogens with one attached hydrogen (secondary N) is 1. The van der Waals surface area contributed by atoms with Crippen molar-refractivity contribution in [2.24, 2.45) is 0 Å². The van der Waals surface area contributed by atoms with Gasteiger partial charge in [0, 0.05) is 13.0 Å². The second-order valence-electron chi connectivity index (χ2n) is 6.01. The van der Waals surface area contributed by atoms with Crippen LogP contribution in [0.4, 0.5) is 4.79 Å². The summed E-state index contributed by atoms with van der Waals surface area (Å²) in [6.07, 6.45) is 1.75. The zero-order valence-corrected chi connectivity index (χ0v) is 14.0. The number of carbonyl (C=O) groups is 2. The molecule has 0 spiro atoms. The first-order valence-electron chi connectivity index (χ1n) is 6.86. The number of aromatic nitrogens is 2. The molecule has 1 aliphatic heterocycles. The quantitative estimate of drug-likeness (QED) is 0.665. The first kappa shape index (κ1) is 16.7. The Morgan fingerprint density at radius 3 is 2.73 bits per heavy atom. The second kappa shape index (κ2) is 6.22. The van der Waals surface area contributed by atoms with Gasteiger partial charge in [0.15, 0.2) is 0 Å². The zero-order chi connectivity index (χ0) is 16.5. The summed E-state index contributed by atoms with van der Waals surface area (Å²) in [6, 6.07) is -0.806. The summed E-state index contributed by atoms with van der Waals surface area (Å²) in [5.41, 5.74) is -0.102. The van der Waals surface area contributed by atoms with Gasteiger partial charge < -0.3 is 14.5 Å². The van der Waals surface area contributed by atoms with E-state index in [0.29, 0.717) is 5.69 Å². The average Bonchev–Trinajstić information content (AvgIpc) is 2.89. The lowest BCUT2D eigenvalue weighted by atomic mass is 10.1. The van der Waals surface area contributed by atoms with Crippen LogP contribution in [0.1, 0.15) is 32.2 Å². The van der Waals surface area contributed by atoms with E-state index in [-0.39, 0.29) is 13.0 Å². The topological polar surface area (TPSA) is 102 Å². The second-order valence-corrected chi connectivity index (χ2v) is 7.60. The van der Waals surface area contributed by atoms with E-state index in [1.165, 1.54) is 18.1 Å². The number of hydrogen-bond acceptors (Lipinski definition) is 6. The van der Waals surface area contributed by atoms with Gasteiger partial charge in [0.05, 0.1) is 24.8 Å². The number of fused-ring (bicyclic) bond motifs is 1. The van der Waals surface area contributed by atoms with Crippen molar-refractivity contribution >= 4 is 19.6 Å². The third-order valence-corrected chi connectivity index (χ3v) is 4.65. The van der Waals surface area contributed by atoms with E-state index in [2.05, 4.69) is 9.97 Å². The molecule has 0 bridgehead atoms. The molecular weight excluding hydrogens is 309 g/mol. The summed E-state index contributed by atoms with van der Waals surface area (Å²) in [4.78, 5) is 31.1. The summed E-state index contributed by atoms with van der Waals surface area (Å²) >= 11 is 0. The van der Waals surface area contributed by atoms with Gasteiger partial charge in [-0.25, -0.2) is 14.4 Å². The molecule has 2 rings (SSSR count). The normalized spacial score (nSPS) is 20.1. The Morgan fingerprint density at radius 2 is 2.14 bits per heavy atom. The first-order chi connectivity index (χ1) is 10.2. The molecule has 2 heterocycles. The number of H-pyrrole nitrogens is 1. The van der Waals surface area contributed by atoms with Crippen LogP contribution in [-0.4, -0.2) is 45.1 Å². The maximum absolute atomic E-state index is 12.5. The molecule has 1 aromatic heterocycles. The lowest BCUT2D eigenvalue weighted by Crippen LogP contribution is -2.43. The fourth-order valence-corrected chi connectivity index (χ4v) is 3.64. The maximum atomic E-state index is 12.5. The van der Waals surface area contributed by atoms with Crippen LogP contribution in [0.3, 0.4) is 0 Å². The van der Waals surface area contributed by atoms with Gasteiger partial charge in [0.1, 0.15) is 11.6 Å². The van der Waals surface area contributed by atoms with E-state index in [1.807, 2.05) is 0 Å². The first-order valence-corrected chi connectivity index (χ1v) is 8.21. The van der Waals surface area contributed by atoms with Gasteiger partial charge in [-0.05, 0) is 20.8 Å². The molecule has 1 aliphatic rings. The Morgan fingerprint density at radius 1 is 1.45 bits per heavy atom. The molecule has 0 fully saturated rings. The molecular formula is C13H20N3O5P. The summed E-state index contributed by atoms with van der Waals surface area (Å²) in [7, 11) is -1.69. The number of ether oxygens (including phenoxy) is 2. The maximum Gasteiger partial charge on any atom is 0.376 e. The van der Waals surface area contributed by atoms with Crippen molar-refractivity contribution in [3.05, 3.63) is 17.7 Å². The van der Waals surface area contributed by atoms with Crippen LogP contribution >= 0.6 is 7.95 Å². The molecule has 0 aliphatic carbocycles. The van der Waals surface area contributed by atoms with Crippen molar-refractivity contribution in [3.8, 4) is 0 Å². The Labute approximate surface area is 129 Å². The Hall–Kier alpha value is -1.66.